The molecule has 3 N–H and O–H groups in total. The van der Waals surface area contributed by atoms with E-state index in [1.165, 1.54) is 12.2 Å². The van der Waals surface area contributed by atoms with Gasteiger partial charge < -0.3 is 0 Å². The molecule has 0 aliphatic carbocycles. The van der Waals surface area contributed by atoms with Crippen LogP contribution in [-0.4, -0.2) is 17.0 Å². The first-order chi connectivity index (χ1) is 3.84. The van der Waals surface area contributed by atoms with Crippen molar-refractivity contribution in [2.24, 2.45) is 5.84 Å². The largest absolute Gasteiger partial charge is 0.271 e. The van der Waals surface area contributed by atoms with Gasteiger partial charge in [-0.15, -0.1) is 0 Å². The zero-order valence-corrected chi connectivity index (χ0v) is 5.87. The molecule has 0 aromatic heterocycles. The molecule has 1 rings (SSSR count). The summed E-state index contributed by atoms with van der Waals surface area (Å²) in [5.41, 5.74) is 2.79. The van der Waals surface area contributed by atoms with Gasteiger partial charge in [-0.25, -0.2) is 0 Å². The van der Waals surface area contributed by atoms with Gasteiger partial charge in [0.15, 0.2) is 0 Å². The summed E-state index contributed by atoms with van der Waals surface area (Å²) in [6, 6.07) is 0.556. The molecule has 0 aromatic carbocycles. The summed E-state index contributed by atoms with van der Waals surface area (Å²) in [5.74, 6) is 6.52. The monoisotopic (exact) mass is 132 g/mol. The molecule has 0 unspecified atom stereocenters. The van der Waals surface area contributed by atoms with E-state index in [-0.39, 0.29) is 0 Å². The first kappa shape index (κ1) is 6.39. The summed E-state index contributed by atoms with van der Waals surface area (Å²) in [4.78, 5) is 0. The van der Waals surface area contributed by atoms with Crippen LogP contribution >= 0.6 is 11.8 Å². The lowest BCUT2D eigenvalue weighted by molar-refractivity contribution is 0.531. The molecule has 8 heavy (non-hydrogen) atoms. The third kappa shape index (κ3) is 1.16. The molecule has 2 atom stereocenters. The van der Waals surface area contributed by atoms with Gasteiger partial charge in [0.05, 0.1) is 0 Å². The van der Waals surface area contributed by atoms with Crippen molar-refractivity contribution in [3.05, 3.63) is 0 Å². The highest BCUT2D eigenvalue weighted by molar-refractivity contribution is 8.00. The van der Waals surface area contributed by atoms with E-state index in [0.717, 1.165) is 0 Å². The molecule has 0 aromatic rings. The predicted molar refractivity (Wildman–Crippen MR) is 37.6 cm³/mol. The molecule has 0 spiro atoms. The van der Waals surface area contributed by atoms with Crippen LogP contribution in [0.2, 0.25) is 0 Å². The first-order valence-electron chi connectivity index (χ1n) is 2.92. The third-order valence-electron chi connectivity index (χ3n) is 1.59. The molecule has 2 nitrogen and oxygen atoms in total. The molecule has 1 saturated heterocycles. The minimum Gasteiger partial charge on any atom is -0.271 e. The van der Waals surface area contributed by atoms with Crippen molar-refractivity contribution < 1.29 is 0 Å². The number of nitrogens with two attached hydrogens (primary N) is 1. The van der Waals surface area contributed by atoms with Gasteiger partial charge in [-0.1, -0.05) is 6.92 Å². The van der Waals surface area contributed by atoms with Crippen molar-refractivity contribution in [1.29, 1.82) is 0 Å². The quantitative estimate of drug-likeness (QED) is 0.399. The van der Waals surface area contributed by atoms with E-state index in [1.54, 1.807) is 0 Å². The van der Waals surface area contributed by atoms with E-state index in [2.05, 4.69) is 12.3 Å². The molecule has 48 valence electrons. The van der Waals surface area contributed by atoms with Crippen LogP contribution < -0.4 is 11.3 Å². The second-order valence-electron chi connectivity index (χ2n) is 2.14. The van der Waals surface area contributed by atoms with Crippen molar-refractivity contribution in [2.45, 2.75) is 24.6 Å². The molecule has 1 fully saturated rings. The molecule has 0 saturated carbocycles. The van der Waals surface area contributed by atoms with Crippen LogP contribution in [0.1, 0.15) is 13.3 Å². The van der Waals surface area contributed by atoms with Crippen LogP contribution in [-0.2, 0) is 0 Å². The van der Waals surface area contributed by atoms with Gasteiger partial charge >= 0.3 is 0 Å². The molecule has 0 amide bonds. The third-order valence-corrected chi connectivity index (χ3v) is 2.92. The Balaban J connectivity index is 2.30. The zero-order chi connectivity index (χ0) is 5.98. The minimum absolute atomic E-state index is 0.556. The van der Waals surface area contributed by atoms with Gasteiger partial charge in [0, 0.05) is 11.3 Å². The number of rotatable bonds is 1. The molecule has 1 aliphatic heterocycles. The highest BCUT2D eigenvalue weighted by Gasteiger charge is 2.21. The first-order valence-corrected chi connectivity index (χ1v) is 3.97. The average molecular weight is 132 g/mol. The number of nitrogens with one attached hydrogen (secondary N) is 1. The lowest BCUT2D eigenvalue weighted by atomic mass is 10.2. The van der Waals surface area contributed by atoms with E-state index in [9.17, 15) is 0 Å². The summed E-state index contributed by atoms with van der Waals surface area (Å²) in [7, 11) is 0. The van der Waals surface area contributed by atoms with Crippen molar-refractivity contribution in [3.8, 4) is 0 Å². The standard InChI is InChI=1S/C5H12N2S/c1-4-5(7-6)2-3-8-4/h4-5,7H,2-3,6H2,1H3/t4-,5+/m0/s1. The Morgan fingerprint density at radius 2 is 2.50 bits per heavy atom. The van der Waals surface area contributed by atoms with Crippen LogP contribution in [0.4, 0.5) is 0 Å². The molecule has 3 heteroatoms. The highest BCUT2D eigenvalue weighted by Crippen LogP contribution is 2.25. The second-order valence-corrected chi connectivity index (χ2v) is 3.62. The summed E-state index contributed by atoms with van der Waals surface area (Å²) >= 11 is 1.99. The van der Waals surface area contributed by atoms with E-state index in [4.69, 9.17) is 5.84 Å². The maximum absolute atomic E-state index is 5.26. The molecule has 1 aliphatic rings. The Morgan fingerprint density at radius 3 is 2.75 bits per heavy atom. The summed E-state index contributed by atoms with van der Waals surface area (Å²) in [6.45, 7) is 2.21. The van der Waals surface area contributed by atoms with Crippen LogP contribution in [0.3, 0.4) is 0 Å². The number of hydrogen-bond donors (Lipinski definition) is 2. The maximum atomic E-state index is 5.26. The van der Waals surface area contributed by atoms with E-state index in [0.29, 0.717) is 11.3 Å². The van der Waals surface area contributed by atoms with Crippen molar-refractivity contribution in [1.82, 2.24) is 5.43 Å². The van der Waals surface area contributed by atoms with Crippen LogP contribution in [0.5, 0.6) is 0 Å². The van der Waals surface area contributed by atoms with E-state index >= 15 is 0 Å². The molecular formula is C5H12N2S. The Hall–Kier alpha value is 0.270. The van der Waals surface area contributed by atoms with Gasteiger partial charge in [-0.3, -0.25) is 11.3 Å². The summed E-state index contributed by atoms with van der Waals surface area (Å²) in [5, 5.41) is 0.708. The average Bonchev–Trinajstić information content (AvgIpc) is 2.14. The zero-order valence-electron chi connectivity index (χ0n) is 5.05. The summed E-state index contributed by atoms with van der Waals surface area (Å²) in [6.07, 6.45) is 1.22. The Bertz CT molecular complexity index is 76.8. The smallest absolute Gasteiger partial charge is 0.0334 e. The Kier molecular flexibility index (Phi) is 2.16. The number of hydrogen-bond acceptors (Lipinski definition) is 3. The maximum Gasteiger partial charge on any atom is 0.0334 e. The molecular weight excluding hydrogens is 120 g/mol. The summed E-state index contributed by atoms with van der Waals surface area (Å²) < 4.78 is 0. The Labute approximate surface area is 54.2 Å². The predicted octanol–water partition coefficient (Wildman–Crippen LogP) is 0.344. The topological polar surface area (TPSA) is 38.0 Å². The van der Waals surface area contributed by atoms with Crippen molar-refractivity contribution in [3.63, 3.8) is 0 Å². The second kappa shape index (κ2) is 2.71. The Morgan fingerprint density at radius 1 is 1.75 bits per heavy atom. The van der Waals surface area contributed by atoms with E-state index < -0.39 is 0 Å². The number of hydrazine groups is 1. The lowest BCUT2D eigenvalue weighted by Gasteiger charge is -2.10. The lowest BCUT2D eigenvalue weighted by Crippen LogP contribution is -2.38. The highest BCUT2D eigenvalue weighted by atomic mass is 32.2. The fourth-order valence-corrected chi connectivity index (χ4v) is 2.16. The SMILES string of the molecule is C[C@@H]1SCC[C@H]1NN. The van der Waals surface area contributed by atoms with E-state index in [1.807, 2.05) is 11.8 Å². The molecule has 0 bridgehead atoms. The molecule has 0 radical (unpaired) electrons. The van der Waals surface area contributed by atoms with Gasteiger partial charge in [-0.2, -0.15) is 11.8 Å². The number of thioether (sulfide) groups is 1. The van der Waals surface area contributed by atoms with Crippen LogP contribution in [0.25, 0.3) is 0 Å². The minimum atomic E-state index is 0.556. The van der Waals surface area contributed by atoms with Crippen molar-refractivity contribution >= 4 is 11.8 Å². The van der Waals surface area contributed by atoms with Gasteiger partial charge in [0.25, 0.3) is 0 Å². The fourth-order valence-electron chi connectivity index (χ4n) is 0.951. The van der Waals surface area contributed by atoms with Gasteiger partial charge in [0.2, 0.25) is 0 Å². The normalized spacial score (nSPS) is 38.2. The fraction of sp³-hybridized carbons (Fsp3) is 1.00. The van der Waals surface area contributed by atoms with Gasteiger partial charge in [0.1, 0.15) is 0 Å². The van der Waals surface area contributed by atoms with Gasteiger partial charge in [-0.05, 0) is 12.2 Å². The van der Waals surface area contributed by atoms with Crippen LogP contribution in [0.15, 0.2) is 0 Å². The van der Waals surface area contributed by atoms with Crippen molar-refractivity contribution in [2.75, 3.05) is 5.75 Å². The molecule has 1 heterocycles. The van der Waals surface area contributed by atoms with Crippen LogP contribution in [0, 0.1) is 0 Å².